The van der Waals surface area contributed by atoms with Crippen LogP contribution in [0.25, 0.3) is 16.4 Å². The number of hydrogen-bond acceptors (Lipinski definition) is 6. The van der Waals surface area contributed by atoms with Crippen molar-refractivity contribution in [3.05, 3.63) is 46.6 Å². The molecule has 2 amide bonds. The molecule has 9 heteroatoms. The summed E-state index contributed by atoms with van der Waals surface area (Å²) in [5.41, 5.74) is 3.58. The van der Waals surface area contributed by atoms with Crippen LogP contribution in [0.2, 0.25) is 0 Å². The lowest BCUT2D eigenvalue weighted by Gasteiger charge is -2.31. The Hall–Kier alpha value is -3.33. The van der Waals surface area contributed by atoms with Crippen molar-refractivity contribution in [2.75, 3.05) is 33.3 Å². The maximum Gasteiger partial charge on any atom is 0.274 e. The predicted molar refractivity (Wildman–Crippen MR) is 151 cm³/mol. The molecule has 206 valence electrons. The molecule has 3 aromatic rings. The van der Waals surface area contributed by atoms with Gasteiger partial charge in [0.15, 0.2) is 23.0 Å². The number of ether oxygens (including phenoxy) is 2. The molecular weight excluding hydrogens is 512 g/mol. The second-order valence-corrected chi connectivity index (χ2v) is 11.9. The summed E-state index contributed by atoms with van der Waals surface area (Å²) in [6.45, 7) is 6.48. The summed E-state index contributed by atoms with van der Waals surface area (Å²) < 4.78 is 13.9. The molecule has 1 saturated carbocycles. The standard InChI is InChI=1S/C30H36N4O4S/c1-19(2)38-25-18-23-21(17-24(25)37-3)10-11-22-27(31-28(34(22)23)26-9-5-16-39-26)30(36)33-13-6-12-32(14-15-33)29(35)20-7-4-8-20/h5,9,16-20H,4,6-8,10-15H2,1-3H3. The van der Waals surface area contributed by atoms with Gasteiger partial charge < -0.3 is 19.3 Å². The van der Waals surface area contributed by atoms with Crippen molar-refractivity contribution in [1.29, 1.82) is 0 Å². The van der Waals surface area contributed by atoms with E-state index in [4.69, 9.17) is 14.5 Å². The zero-order valence-electron chi connectivity index (χ0n) is 22.9. The number of thiophene rings is 1. The topological polar surface area (TPSA) is 76.9 Å². The molecule has 0 radical (unpaired) electrons. The molecule has 0 unspecified atom stereocenters. The van der Waals surface area contributed by atoms with E-state index >= 15 is 0 Å². The molecular formula is C30H36N4O4S. The van der Waals surface area contributed by atoms with Gasteiger partial charge in [-0.1, -0.05) is 12.5 Å². The van der Waals surface area contributed by atoms with Gasteiger partial charge in [0.2, 0.25) is 5.91 Å². The number of hydrogen-bond donors (Lipinski definition) is 0. The lowest BCUT2D eigenvalue weighted by molar-refractivity contribution is -0.138. The molecule has 4 heterocycles. The molecule has 0 N–H and O–H groups in total. The Kier molecular flexibility index (Phi) is 7.10. The number of carbonyl (C=O) groups is 2. The summed E-state index contributed by atoms with van der Waals surface area (Å²) in [6.07, 6.45) is 5.43. The third kappa shape index (κ3) is 4.81. The second-order valence-electron chi connectivity index (χ2n) is 10.9. The normalized spacial score (nSPS) is 17.3. The lowest BCUT2D eigenvalue weighted by Crippen LogP contribution is -2.41. The molecule has 39 heavy (non-hydrogen) atoms. The van der Waals surface area contributed by atoms with E-state index in [1.54, 1.807) is 18.4 Å². The highest BCUT2D eigenvalue weighted by molar-refractivity contribution is 7.13. The van der Waals surface area contributed by atoms with Gasteiger partial charge in [0.1, 0.15) is 0 Å². The number of methoxy groups -OCH3 is 1. The quantitative estimate of drug-likeness (QED) is 0.435. The number of amides is 2. The van der Waals surface area contributed by atoms with Crippen molar-refractivity contribution in [2.24, 2.45) is 5.92 Å². The highest BCUT2D eigenvalue weighted by Crippen LogP contribution is 2.40. The van der Waals surface area contributed by atoms with Gasteiger partial charge in [-0.25, -0.2) is 4.98 Å². The number of carbonyl (C=O) groups excluding carboxylic acids is 2. The number of fused-ring (bicyclic) bond motifs is 3. The average Bonchev–Trinajstić information content (AvgIpc) is 3.48. The molecule has 1 aromatic carbocycles. The van der Waals surface area contributed by atoms with Crippen molar-refractivity contribution in [2.45, 2.75) is 58.5 Å². The summed E-state index contributed by atoms with van der Waals surface area (Å²) >= 11 is 1.62. The Bertz CT molecular complexity index is 1380. The van der Waals surface area contributed by atoms with Crippen LogP contribution in [0.1, 0.15) is 61.3 Å². The van der Waals surface area contributed by atoms with Gasteiger partial charge in [-0.15, -0.1) is 11.3 Å². The van der Waals surface area contributed by atoms with Crippen LogP contribution in [0, 0.1) is 5.92 Å². The van der Waals surface area contributed by atoms with Crippen molar-refractivity contribution < 1.29 is 19.1 Å². The Balaban J connectivity index is 1.36. The molecule has 2 fully saturated rings. The second kappa shape index (κ2) is 10.7. The van der Waals surface area contributed by atoms with Gasteiger partial charge in [0, 0.05) is 38.2 Å². The molecule has 6 rings (SSSR count). The highest BCUT2D eigenvalue weighted by atomic mass is 32.1. The van der Waals surface area contributed by atoms with Crippen molar-refractivity contribution in [3.63, 3.8) is 0 Å². The first-order chi connectivity index (χ1) is 18.9. The lowest BCUT2D eigenvalue weighted by atomic mass is 9.84. The summed E-state index contributed by atoms with van der Waals surface area (Å²) in [6, 6.07) is 8.14. The van der Waals surface area contributed by atoms with Crippen LogP contribution >= 0.6 is 11.3 Å². The van der Waals surface area contributed by atoms with Crippen LogP contribution in [-0.4, -0.2) is 70.6 Å². The van der Waals surface area contributed by atoms with E-state index in [-0.39, 0.29) is 23.8 Å². The Morgan fingerprint density at radius 1 is 1.03 bits per heavy atom. The van der Waals surface area contributed by atoms with Crippen LogP contribution < -0.4 is 9.47 Å². The fraction of sp³-hybridized carbons (Fsp3) is 0.500. The Morgan fingerprint density at radius 3 is 2.51 bits per heavy atom. The molecule has 8 nitrogen and oxygen atoms in total. The smallest absolute Gasteiger partial charge is 0.274 e. The summed E-state index contributed by atoms with van der Waals surface area (Å²) in [5, 5.41) is 2.03. The largest absolute Gasteiger partial charge is 0.493 e. The minimum absolute atomic E-state index is 0.00419. The molecule has 0 atom stereocenters. The van der Waals surface area contributed by atoms with Crippen molar-refractivity contribution in [1.82, 2.24) is 19.4 Å². The van der Waals surface area contributed by atoms with E-state index in [1.807, 2.05) is 47.2 Å². The molecule has 0 spiro atoms. The monoisotopic (exact) mass is 548 g/mol. The summed E-state index contributed by atoms with van der Waals surface area (Å²) in [5.74, 6) is 2.58. The molecule has 3 aliphatic rings. The van der Waals surface area contributed by atoms with E-state index in [2.05, 4.69) is 10.6 Å². The maximum absolute atomic E-state index is 14.0. The fourth-order valence-electron chi connectivity index (χ4n) is 5.85. The van der Waals surface area contributed by atoms with Gasteiger partial charge in [-0.05, 0) is 69.0 Å². The SMILES string of the molecule is COc1cc2c(cc1OC(C)C)-n1c(-c3cccs3)nc(C(=O)N3CCCN(C(=O)C4CCC4)CC3)c1CC2. The first kappa shape index (κ1) is 25.9. The first-order valence-corrected chi connectivity index (χ1v) is 14.9. The van der Waals surface area contributed by atoms with E-state index in [1.165, 1.54) is 0 Å². The average molecular weight is 549 g/mol. The number of nitrogens with zero attached hydrogens (tertiary/aromatic N) is 4. The number of aryl methyl sites for hydroxylation is 1. The maximum atomic E-state index is 14.0. The summed E-state index contributed by atoms with van der Waals surface area (Å²) in [4.78, 5) is 36.7. The minimum atomic E-state index is -0.0462. The number of benzene rings is 1. The third-order valence-electron chi connectivity index (χ3n) is 8.07. The van der Waals surface area contributed by atoms with Gasteiger partial charge in [0.25, 0.3) is 5.91 Å². The zero-order chi connectivity index (χ0) is 27.1. The van der Waals surface area contributed by atoms with Gasteiger partial charge in [-0.3, -0.25) is 14.2 Å². The Morgan fingerprint density at radius 2 is 1.82 bits per heavy atom. The molecule has 2 aliphatic heterocycles. The van der Waals surface area contributed by atoms with Crippen molar-refractivity contribution in [3.8, 4) is 27.9 Å². The minimum Gasteiger partial charge on any atom is -0.493 e. The van der Waals surface area contributed by atoms with Crippen LogP contribution in [0.3, 0.4) is 0 Å². The number of rotatable bonds is 6. The van der Waals surface area contributed by atoms with Crippen LogP contribution in [-0.2, 0) is 17.6 Å². The van der Waals surface area contributed by atoms with E-state index in [0.717, 1.165) is 59.8 Å². The van der Waals surface area contributed by atoms with Crippen LogP contribution in [0.15, 0.2) is 29.6 Å². The molecule has 0 bridgehead atoms. The fourth-order valence-corrected chi connectivity index (χ4v) is 6.55. The highest BCUT2D eigenvalue weighted by Gasteiger charge is 2.34. The summed E-state index contributed by atoms with van der Waals surface area (Å²) in [7, 11) is 1.66. The van der Waals surface area contributed by atoms with E-state index in [9.17, 15) is 9.59 Å². The zero-order valence-corrected chi connectivity index (χ0v) is 23.8. The third-order valence-corrected chi connectivity index (χ3v) is 8.93. The number of aromatic nitrogens is 2. The van der Waals surface area contributed by atoms with Crippen LogP contribution in [0.4, 0.5) is 0 Å². The van der Waals surface area contributed by atoms with E-state index in [0.29, 0.717) is 49.8 Å². The van der Waals surface area contributed by atoms with Gasteiger partial charge in [0.05, 0.1) is 29.5 Å². The molecule has 1 saturated heterocycles. The molecule has 1 aliphatic carbocycles. The predicted octanol–water partition coefficient (Wildman–Crippen LogP) is 4.97. The first-order valence-electron chi connectivity index (χ1n) is 14.1. The van der Waals surface area contributed by atoms with Gasteiger partial charge in [-0.2, -0.15) is 0 Å². The van der Waals surface area contributed by atoms with E-state index < -0.39 is 0 Å². The Labute approximate surface area is 233 Å². The number of imidazole rings is 1. The van der Waals surface area contributed by atoms with Gasteiger partial charge >= 0.3 is 0 Å². The molecule has 2 aromatic heterocycles. The van der Waals surface area contributed by atoms with Crippen LogP contribution in [0.5, 0.6) is 11.5 Å². The van der Waals surface area contributed by atoms with Crippen molar-refractivity contribution >= 4 is 23.2 Å².